The first kappa shape index (κ1) is 24.5. The fourth-order valence-corrected chi connectivity index (χ4v) is 5.55. The third kappa shape index (κ3) is 4.52. The van der Waals surface area contributed by atoms with E-state index in [1.807, 2.05) is 67.2 Å². The van der Waals surface area contributed by atoms with Gasteiger partial charge in [-0.1, -0.05) is 48.5 Å². The minimum atomic E-state index is -0.0409. The van der Waals surface area contributed by atoms with Crippen LogP contribution in [0.3, 0.4) is 0 Å². The average Bonchev–Trinajstić information content (AvgIpc) is 3.17. The van der Waals surface area contributed by atoms with Gasteiger partial charge in [0, 0.05) is 39.4 Å². The lowest BCUT2D eigenvalue weighted by Gasteiger charge is -2.17. The second kappa shape index (κ2) is 10.1. The van der Waals surface area contributed by atoms with Crippen molar-refractivity contribution in [1.82, 2.24) is 14.2 Å². The fraction of sp³-hybridized carbons (Fsp3) is 0.267. The van der Waals surface area contributed by atoms with Crippen molar-refractivity contribution < 1.29 is 4.79 Å². The summed E-state index contributed by atoms with van der Waals surface area (Å²) in [6.45, 7) is 5.65. The molecule has 5 rings (SSSR count). The normalized spacial score (nSPS) is 12.6. The van der Waals surface area contributed by atoms with Crippen molar-refractivity contribution in [1.29, 1.82) is 0 Å². The van der Waals surface area contributed by atoms with Gasteiger partial charge >= 0.3 is 0 Å². The maximum absolute atomic E-state index is 13.9. The Hall–Kier alpha value is -3.19. The number of carbonyl (C=O) groups excluding carboxylic acids is 1. The van der Waals surface area contributed by atoms with Gasteiger partial charge in [0.15, 0.2) is 5.78 Å². The van der Waals surface area contributed by atoms with Crippen LogP contribution in [0.2, 0.25) is 0 Å². The monoisotopic (exact) mass is 497 g/mol. The van der Waals surface area contributed by atoms with Crippen LogP contribution in [-0.4, -0.2) is 41.9 Å². The van der Waals surface area contributed by atoms with Gasteiger partial charge < -0.3 is 9.47 Å². The number of nitrogens with zero attached hydrogens (tertiary/aromatic N) is 2. The molecule has 0 fully saturated rings. The number of carbonyl (C=O) groups is 1. The number of nitrogens with one attached hydrogen (secondary N) is 1. The van der Waals surface area contributed by atoms with Gasteiger partial charge in [-0.25, -0.2) is 0 Å². The third-order valence-corrected chi connectivity index (χ3v) is 7.57. The van der Waals surface area contributed by atoms with Crippen LogP contribution in [0.1, 0.15) is 36.2 Å². The van der Waals surface area contributed by atoms with Crippen LogP contribution in [0.15, 0.2) is 76.4 Å². The Morgan fingerprint density at radius 1 is 0.889 bits per heavy atom. The van der Waals surface area contributed by atoms with E-state index >= 15 is 0 Å². The highest BCUT2D eigenvalue weighted by Crippen LogP contribution is 2.40. The molecule has 6 heteroatoms. The zero-order valence-electron chi connectivity index (χ0n) is 21.2. The molecule has 184 valence electrons. The summed E-state index contributed by atoms with van der Waals surface area (Å²) in [7, 11) is 4.06. The van der Waals surface area contributed by atoms with Gasteiger partial charge in [-0.15, -0.1) is 0 Å². The number of pyridine rings is 1. The predicted octanol–water partition coefficient (Wildman–Crippen LogP) is 5.84. The standard InChI is InChI=1S/C30H31N3O2S/c1-19(2)31-36-22-10-7-9-20(17-22)21-13-14-23-26(18-21)30(35)33(16-8-15-32(3)4)28-24-11-5-6-12-25(24)29(34)27(23)28/h5-7,9-14,17-19,31H,8,15-16H2,1-4H3. The summed E-state index contributed by atoms with van der Waals surface area (Å²) in [5.41, 5.74) is 4.90. The highest BCUT2D eigenvalue weighted by molar-refractivity contribution is 7.97. The van der Waals surface area contributed by atoms with Gasteiger partial charge in [0.1, 0.15) is 0 Å². The van der Waals surface area contributed by atoms with Gasteiger partial charge in [0.25, 0.3) is 5.56 Å². The number of ketones is 1. The van der Waals surface area contributed by atoms with E-state index in [1.54, 1.807) is 11.9 Å². The molecule has 0 saturated heterocycles. The molecule has 4 aromatic rings. The highest BCUT2D eigenvalue weighted by Gasteiger charge is 2.32. The molecule has 3 aromatic carbocycles. The Kier molecular flexibility index (Phi) is 6.84. The summed E-state index contributed by atoms with van der Waals surface area (Å²) in [6, 6.07) is 22.2. The third-order valence-electron chi connectivity index (χ3n) is 6.49. The first-order valence-corrected chi connectivity index (χ1v) is 13.2. The average molecular weight is 498 g/mol. The number of aromatic nitrogens is 1. The Morgan fingerprint density at radius 2 is 1.64 bits per heavy atom. The second-order valence-electron chi connectivity index (χ2n) is 9.87. The van der Waals surface area contributed by atoms with Gasteiger partial charge in [0.05, 0.1) is 11.3 Å². The number of hydrogen-bond acceptors (Lipinski definition) is 5. The van der Waals surface area contributed by atoms with Crippen molar-refractivity contribution >= 4 is 28.5 Å². The molecule has 36 heavy (non-hydrogen) atoms. The summed E-state index contributed by atoms with van der Waals surface area (Å²) in [6.07, 6.45) is 0.822. The molecule has 0 bridgehead atoms. The topological polar surface area (TPSA) is 54.3 Å². The Labute approximate surface area is 216 Å². The van der Waals surface area contributed by atoms with Crippen molar-refractivity contribution in [3.8, 4) is 22.4 Å². The van der Waals surface area contributed by atoms with E-state index in [9.17, 15) is 9.59 Å². The SMILES string of the molecule is CC(C)NSc1cccc(-c2ccc3c4c(n(CCCN(C)C)c(=O)c3c2)-c2ccccc2C4=O)c1. The Morgan fingerprint density at radius 3 is 2.39 bits per heavy atom. The van der Waals surface area contributed by atoms with E-state index in [1.165, 1.54) is 0 Å². The number of benzene rings is 3. The fourth-order valence-electron chi connectivity index (χ4n) is 4.84. The molecule has 1 aromatic heterocycles. The molecule has 0 spiro atoms. The van der Waals surface area contributed by atoms with Crippen LogP contribution in [0.4, 0.5) is 0 Å². The minimum absolute atomic E-state index is 0.00198. The molecule has 0 atom stereocenters. The molecular weight excluding hydrogens is 466 g/mol. The lowest BCUT2D eigenvalue weighted by atomic mass is 9.98. The molecule has 0 aliphatic heterocycles. The van der Waals surface area contributed by atoms with Crippen molar-refractivity contribution in [2.45, 2.75) is 37.8 Å². The highest BCUT2D eigenvalue weighted by atomic mass is 32.2. The first-order valence-electron chi connectivity index (χ1n) is 12.4. The molecule has 5 nitrogen and oxygen atoms in total. The smallest absolute Gasteiger partial charge is 0.258 e. The summed E-state index contributed by atoms with van der Waals surface area (Å²) in [5.74, 6) is -0.00198. The molecule has 0 saturated carbocycles. The maximum Gasteiger partial charge on any atom is 0.258 e. The number of fused-ring (bicyclic) bond motifs is 5. The van der Waals surface area contributed by atoms with Crippen molar-refractivity contribution in [3.05, 3.63) is 88.2 Å². The largest absolute Gasteiger partial charge is 0.309 e. The van der Waals surface area contributed by atoms with Crippen molar-refractivity contribution in [2.24, 2.45) is 0 Å². The number of hydrogen-bond donors (Lipinski definition) is 1. The molecular formula is C30H31N3O2S. The van der Waals surface area contributed by atoms with E-state index in [-0.39, 0.29) is 11.3 Å². The van der Waals surface area contributed by atoms with Crippen LogP contribution in [0, 0.1) is 0 Å². The summed E-state index contributed by atoms with van der Waals surface area (Å²) in [5, 5.41) is 1.33. The van der Waals surface area contributed by atoms with Gasteiger partial charge in [0.2, 0.25) is 0 Å². The molecule has 1 aliphatic rings. The van der Waals surface area contributed by atoms with Gasteiger partial charge in [-0.3, -0.25) is 14.3 Å². The van der Waals surface area contributed by atoms with E-state index in [0.29, 0.717) is 29.1 Å². The Balaban J connectivity index is 1.66. The minimum Gasteiger partial charge on any atom is -0.309 e. The van der Waals surface area contributed by atoms with Crippen LogP contribution < -0.4 is 10.3 Å². The number of rotatable bonds is 8. The zero-order chi connectivity index (χ0) is 25.4. The molecule has 0 unspecified atom stereocenters. The zero-order valence-corrected chi connectivity index (χ0v) is 22.0. The van der Waals surface area contributed by atoms with Crippen LogP contribution in [0.5, 0.6) is 0 Å². The second-order valence-corrected chi connectivity index (χ2v) is 10.8. The lowest BCUT2D eigenvalue weighted by molar-refractivity contribution is 0.104. The van der Waals surface area contributed by atoms with Gasteiger partial charge in [-0.05, 0) is 82.2 Å². The predicted molar refractivity (Wildman–Crippen MR) is 150 cm³/mol. The van der Waals surface area contributed by atoms with Gasteiger partial charge in [-0.2, -0.15) is 0 Å². The first-order chi connectivity index (χ1) is 17.3. The van der Waals surface area contributed by atoms with Crippen LogP contribution >= 0.6 is 11.9 Å². The van der Waals surface area contributed by atoms with Crippen LogP contribution in [0.25, 0.3) is 33.2 Å². The van der Waals surface area contributed by atoms with Crippen molar-refractivity contribution in [2.75, 3.05) is 20.6 Å². The summed E-state index contributed by atoms with van der Waals surface area (Å²) < 4.78 is 5.21. The lowest BCUT2D eigenvalue weighted by Crippen LogP contribution is -2.25. The summed E-state index contributed by atoms with van der Waals surface area (Å²) >= 11 is 1.60. The van der Waals surface area contributed by atoms with E-state index in [2.05, 4.69) is 41.7 Å². The quantitative estimate of drug-likeness (QED) is 0.273. The molecule has 1 heterocycles. The maximum atomic E-state index is 13.9. The van der Waals surface area contributed by atoms with E-state index in [4.69, 9.17) is 0 Å². The van der Waals surface area contributed by atoms with E-state index < -0.39 is 0 Å². The molecule has 0 radical (unpaired) electrons. The molecule has 1 aliphatic carbocycles. The van der Waals surface area contributed by atoms with Crippen LogP contribution in [-0.2, 0) is 6.54 Å². The molecule has 1 N–H and O–H groups in total. The van der Waals surface area contributed by atoms with Crippen molar-refractivity contribution in [3.63, 3.8) is 0 Å². The van der Waals surface area contributed by atoms with E-state index in [0.717, 1.165) is 45.6 Å². The molecule has 0 amide bonds. The Bertz CT molecular complexity index is 1520. The summed E-state index contributed by atoms with van der Waals surface area (Å²) in [4.78, 5) is 30.7.